The molecule has 2 aliphatic heterocycles. The summed E-state index contributed by atoms with van der Waals surface area (Å²) in [6, 6.07) is 32.7. The van der Waals surface area contributed by atoms with Gasteiger partial charge >= 0.3 is 18.0 Å². The van der Waals surface area contributed by atoms with Crippen molar-refractivity contribution < 1.29 is 24.9 Å². The molecular formula is C50H45N18O5+. The SMILES string of the molecule is N#Cc1cccc(-c2cc(-c3cn(Cc4cccc(N5CC([N+]#Cc6cccc(-c7cc(-c8cn(Cc9cccc(C%10(O)CCN(CC(=O)O)CC%10)n9)nn8)nc(N)n7)c6)C[C@@H]5C(=O)O)n4)nn3)nc(N)n2)c1. The van der Waals surface area contributed by atoms with Crippen molar-refractivity contribution in [2.75, 3.05) is 42.5 Å². The van der Waals surface area contributed by atoms with Crippen LogP contribution >= 0.6 is 0 Å². The summed E-state index contributed by atoms with van der Waals surface area (Å²) in [6.07, 6.45) is 4.39. The van der Waals surface area contributed by atoms with Crippen LogP contribution in [0.4, 0.5) is 17.7 Å². The molecular weight excluding hydrogens is 933 g/mol. The minimum atomic E-state index is -1.17. The zero-order valence-electron chi connectivity index (χ0n) is 38.9. The van der Waals surface area contributed by atoms with Crippen LogP contribution in [-0.2, 0) is 28.3 Å². The highest BCUT2D eigenvalue weighted by molar-refractivity contribution is 5.79. The van der Waals surface area contributed by atoms with Gasteiger partial charge in [-0.05, 0) is 73.5 Å². The molecule has 2 atom stereocenters. The molecule has 0 aliphatic carbocycles. The van der Waals surface area contributed by atoms with Gasteiger partial charge in [0, 0.05) is 24.2 Å². The van der Waals surface area contributed by atoms with Crippen molar-refractivity contribution in [3.63, 3.8) is 0 Å². The average molecular weight is 978 g/mol. The second-order valence-electron chi connectivity index (χ2n) is 17.7. The first-order valence-corrected chi connectivity index (χ1v) is 23.1. The standard InChI is InChI=1S/C50H44N18O5/c51-22-30-5-1-7-32(17-30)37-20-39(59-48(52)57-37)42-28-67(64-62-42)25-35-10-4-12-45(56-35)68-26-36(19-43(68)47(71)72)54-23-31-6-2-8-33(18-31)38-21-40(60-49(53)58-38)41-27-66(63-61-41)24-34-9-3-11-44(55-34)50(73)13-15-65(16-14-50)29-46(69)70/h1-12,17-18,20-21,27-28,36,43,73H,13-16,19,24-26,29H2,(H5-,52,53,57,58,59,60,69,70,71,72)/p+1/t36?,43-/m1/s1. The van der Waals surface area contributed by atoms with Gasteiger partial charge in [-0.3, -0.25) is 14.7 Å². The molecule has 2 aliphatic rings. The Balaban J connectivity index is 0.798. The Morgan fingerprint density at radius 1 is 0.699 bits per heavy atom. The highest BCUT2D eigenvalue weighted by Gasteiger charge is 2.43. The molecule has 10 rings (SSSR count). The van der Waals surface area contributed by atoms with Crippen LogP contribution in [0.25, 0.3) is 50.1 Å². The van der Waals surface area contributed by atoms with E-state index in [1.54, 1.807) is 74.0 Å². The van der Waals surface area contributed by atoms with E-state index in [1.165, 1.54) is 0 Å². The van der Waals surface area contributed by atoms with E-state index in [0.29, 0.717) is 105 Å². The molecule has 8 aromatic rings. The molecule has 23 nitrogen and oxygen atoms in total. The second-order valence-corrected chi connectivity index (χ2v) is 17.7. The van der Waals surface area contributed by atoms with Gasteiger partial charge in [0.15, 0.2) is 0 Å². The maximum atomic E-state index is 12.6. The van der Waals surface area contributed by atoms with Gasteiger partial charge in [-0.25, -0.2) is 39.1 Å². The van der Waals surface area contributed by atoms with Crippen molar-refractivity contribution in [2.45, 2.75) is 50.0 Å². The first kappa shape index (κ1) is 47.1. The molecule has 0 radical (unpaired) electrons. The van der Waals surface area contributed by atoms with Crippen molar-refractivity contribution in [3.8, 4) is 57.4 Å². The lowest BCUT2D eigenvalue weighted by Crippen LogP contribution is -2.44. The zero-order chi connectivity index (χ0) is 50.6. The molecule has 73 heavy (non-hydrogen) atoms. The van der Waals surface area contributed by atoms with Crippen molar-refractivity contribution in [3.05, 3.63) is 143 Å². The second kappa shape index (κ2) is 20.0. The number of nitrogen functional groups attached to an aromatic ring is 2. The molecule has 8 heterocycles. The monoisotopic (exact) mass is 977 g/mol. The fourth-order valence-corrected chi connectivity index (χ4v) is 8.93. The van der Waals surface area contributed by atoms with Gasteiger partial charge in [0.05, 0.1) is 89.9 Å². The highest BCUT2D eigenvalue weighted by Crippen LogP contribution is 2.33. The Morgan fingerprint density at radius 2 is 1.26 bits per heavy atom. The van der Waals surface area contributed by atoms with Gasteiger partial charge in [-0.1, -0.05) is 51.7 Å². The van der Waals surface area contributed by atoms with E-state index in [9.17, 15) is 25.1 Å². The third kappa shape index (κ3) is 10.8. The summed E-state index contributed by atoms with van der Waals surface area (Å²) in [7, 11) is 0. The molecule has 0 saturated carbocycles. The third-order valence-electron chi connectivity index (χ3n) is 12.5. The van der Waals surface area contributed by atoms with Gasteiger partial charge < -0.3 is 31.7 Å². The lowest BCUT2D eigenvalue weighted by atomic mass is 9.87. The Labute approximate surface area is 415 Å². The maximum absolute atomic E-state index is 12.6. The number of nitrogens with two attached hydrogens (primary N) is 2. The van der Waals surface area contributed by atoms with Crippen molar-refractivity contribution in [1.29, 1.82) is 5.26 Å². The van der Waals surface area contributed by atoms with E-state index in [0.717, 1.165) is 0 Å². The number of hydrogen-bond donors (Lipinski definition) is 5. The summed E-state index contributed by atoms with van der Waals surface area (Å²) in [5.74, 6) is -1.36. The van der Waals surface area contributed by atoms with Gasteiger partial charge in [0.25, 0.3) is 6.04 Å². The zero-order valence-corrected chi connectivity index (χ0v) is 38.9. The number of aliphatic hydroxyl groups is 1. The number of pyridine rings is 2. The number of carbonyl (C=O) groups is 2. The summed E-state index contributed by atoms with van der Waals surface area (Å²) < 4.78 is 3.21. The van der Waals surface area contributed by atoms with Crippen LogP contribution in [0.2, 0.25) is 0 Å². The van der Waals surface area contributed by atoms with Gasteiger partial charge in [-0.2, -0.15) is 5.26 Å². The normalized spacial score (nSPS) is 16.4. The number of nitrogens with zero attached hydrogens (tertiary/aromatic N) is 16. The predicted octanol–water partition coefficient (Wildman–Crippen LogP) is 3.82. The Hall–Kier alpha value is -9.58. The molecule has 6 aromatic heterocycles. The van der Waals surface area contributed by atoms with E-state index < -0.39 is 29.6 Å². The molecule has 23 heteroatoms. The minimum Gasteiger partial charge on any atom is -0.480 e. The average Bonchev–Trinajstić information content (AvgIpc) is 4.18. The molecule has 0 bridgehead atoms. The summed E-state index contributed by atoms with van der Waals surface area (Å²) in [4.78, 5) is 59.2. The van der Waals surface area contributed by atoms with Gasteiger partial charge in [0.1, 0.15) is 41.0 Å². The first-order valence-electron chi connectivity index (χ1n) is 23.1. The van der Waals surface area contributed by atoms with Crippen LogP contribution in [-0.4, -0.2) is 130 Å². The molecule has 7 N–H and O–H groups in total. The van der Waals surface area contributed by atoms with Crippen molar-refractivity contribution in [1.82, 2.24) is 64.8 Å². The Kier molecular flexibility index (Phi) is 12.9. The number of likely N-dealkylation sites (tertiary alicyclic amines) is 1. The van der Waals surface area contributed by atoms with Crippen LogP contribution in [0.1, 0.15) is 47.5 Å². The Morgan fingerprint density at radius 3 is 1.86 bits per heavy atom. The number of hydrogen-bond acceptors (Lipinski definition) is 18. The number of benzene rings is 2. The Bertz CT molecular complexity index is 3500. The number of nitriles is 1. The summed E-state index contributed by atoms with van der Waals surface area (Å²) in [5, 5.41) is 57.5. The summed E-state index contributed by atoms with van der Waals surface area (Å²) >= 11 is 0. The van der Waals surface area contributed by atoms with Crippen molar-refractivity contribution >= 4 is 29.7 Å². The van der Waals surface area contributed by atoms with Crippen molar-refractivity contribution in [2.24, 2.45) is 0 Å². The third-order valence-corrected chi connectivity index (χ3v) is 12.5. The molecule has 2 fully saturated rings. The van der Waals surface area contributed by atoms with Crippen LogP contribution in [0, 0.1) is 17.4 Å². The van der Waals surface area contributed by atoms with E-state index in [-0.39, 0.29) is 44.5 Å². The molecule has 0 amide bonds. The number of piperidine rings is 1. The molecule has 2 aromatic carbocycles. The minimum absolute atomic E-state index is 0.0272. The fraction of sp³-hybridized carbons (Fsp3) is 0.240. The van der Waals surface area contributed by atoms with E-state index in [1.807, 2.05) is 54.6 Å². The number of carboxylic acid groups (broad SMARTS) is 2. The quantitative estimate of drug-likeness (QED) is 0.110. The van der Waals surface area contributed by atoms with Gasteiger partial charge in [0.2, 0.25) is 11.9 Å². The summed E-state index contributed by atoms with van der Waals surface area (Å²) in [6.45, 7) is 1.60. The highest BCUT2D eigenvalue weighted by atomic mass is 16.4. The number of anilines is 3. The number of rotatable bonds is 13. The molecule has 0 spiro atoms. The smallest absolute Gasteiger partial charge is 0.326 e. The lowest BCUT2D eigenvalue weighted by Gasteiger charge is -2.37. The molecule has 1 unspecified atom stereocenters. The largest absolute Gasteiger partial charge is 0.480 e. The van der Waals surface area contributed by atoms with E-state index >= 15 is 0 Å². The van der Waals surface area contributed by atoms with E-state index in [2.05, 4.69) is 52.7 Å². The lowest BCUT2D eigenvalue weighted by molar-refractivity contribution is -0.140. The molecule has 2 saturated heterocycles. The van der Waals surface area contributed by atoms with Crippen LogP contribution in [0.3, 0.4) is 0 Å². The topological polar surface area (TPSA) is 320 Å². The predicted molar refractivity (Wildman–Crippen MR) is 264 cm³/mol. The first-order chi connectivity index (χ1) is 35.3. The van der Waals surface area contributed by atoms with Crippen LogP contribution in [0.5, 0.6) is 0 Å². The van der Waals surface area contributed by atoms with Crippen LogP contribution in [0.15, 0.2) is 109 Å². The number of aliphatic carboxylic acids is 2. The maximum Gasteiger partial charge on any atom is 0.326 e. The number of aromatic nitrogens is 12. The summed E-state index contributed by atoms with van der Waals surface area (Å²) in [5.41, 5.74) is 18.3. The number of carboxylic acids is 2. The fourth-order valence-electron chi connectivity index (χ4n) is 8.93. The van der Waals surface area contributed by atoms with E-state index in [4.69, 9.17) is 31.4 Å². The van der Waals surface area contributed by atoms with Crippen LogP contribution < -0.4 is 16.4 Å². The molecule has 364 valence electrons. The van der Waals surface area contributed by atoms with Gasteiger partial charge in [-0.15, -0.1) is 10.2 Å².